The lowest BCUT2D eigenvalue weighted by Crippen LogP contribution is -2.46. The first kappa shape index (κ1) is 25.6. The average Bonchev–Trinajstić information content (AvgIpc) is 3.37. The fourth-order valence-corrected chi connectivity index (χ4v) is 5.17. The molecule has 4 aromatic rings. The normalized spacial score (nSPS) is 15.4. The number of anilines is 1. The second-order valence-electron chi connectivity index (χ2n) is 9.62. The molecule has 1 aliphatic heterocycles. The summed E-state index contributed by atoms with van der Waals surface area (Å²) in [5, 5.41) is 25.8. The van der Waals surface area contributed by atoms with Gasteiger partial charge in [-0.3, -0.25) is 15.0 Å². The van der Waals surface area contributed by atoms with Crippen molar-refractivity contribution in [1.82, 2.24) is 35.4 Å². The van der Waals surface area contributed by atoms with Gasteiger partial charge in [0.05, 0.1) is 17.5 Å². The molecule has 4 N–H and O–H groups in total. The van der Waals surface area contributed by atoms with Crippen molar-refractivity contribution in [1.29, 1.82) is 0 Å². The van der Waals surface area contributed by atoms with E-state index in [1.54, 1.807) is 6.20 Å². The minimum Gasteiger partial charge on any atom is -0.391 e. The van der Waals surface area contributed by atoms with E-state index < -0.39 is 6.10 Å². The van der Waals surface area contributed by atoms with Crippen LogP contribution >= 0.6 is 11.8 Å². The number of hydrogen-bond acceptors (Lipinski definition) is 9. The molecule has 9 nitrogen and oxygen atoms in total. The Balaban J connectivity index is 1.29. The number of fused-ring (bicyclic) bond motifs is 1. The lowest BCUT2D eigenvalue weighted by molar-refractivity contribution is 0.121. The smallest absolute Gasteiger partial charge is 0.190 e. The van der Waals surface area contributed by atoms with Gasteiger partial charge < -0.3 is 15.7 Å². The van der Waals surface area contributed by atoms with Crippen molar-refractivity contribution in [3.8, 4) is 11.3 Å². The molecule has 1 aromatic carbocycles. The molecular formula is C27H34N8OS. The number of nitrogens with one attached hydrogen (secondary N) is 3. The van der Waals surface area contributed by atoms with E-state index in [1.807, 2.05) is 18.2 Å². The first-order chi connectivity index (χ1) is 18.1. The molecule has 3 aromatic heterocycles. The highest BCUT2D eigenvalue weighted by molar-refractivity contribution is 7.99. The van der Waals surface area contributed by atoms with Crippen LogP contribution in [0.3, 0.4) is 0 Å². The summed E-state index contributed by atoms with van der Waals surface area (Å²) in [6.45, 7) is 9.39. The van der Waals surface area contributed by atoms with Gasteiger partial charge in [-0.05, 0) is 23.6 Å². The molecule has 0 radical (unpaired) electrons. The van der Waals surface area contributed by atoms with Crippen molar-refractivity contribution < 1.29 is 5.11 Å². The van der Waals surface area contributed by atoms with Crippen LogP contribution in [-0.4, -0.2) is 79.7 Å². The number of nitrogens with zero attached hydrogens (tertiary/aromatic N) is 5. The Bertz CT molecular complexity index is 1290. The Kier molecular flexibility index (Phi) is 8.30. The van der Waals surface area contributed by atoms with E-state index >= 15 is 0 Å². The van der Waals surface area contributed by atoms with E-state index in [9.17, 15) is 5.11 Å². The molecule has 1 aliphatic rings. The maximum atomic E-state index is 10.6. The number of H-pyrrole nitrogens is 1. The Labute approximate surface area is 221 Å². The third-order valence-electron chi connectivity index (χ3n) is 6.44. The fraction of sp³-hybridized carbons (Fsp3) is 0.407. The number of rotatable bonds is 10. The van der Waals surface area contributed by atoms with Gasteiger partial charge in [0.15, 0.2) is 16.5 Å². The van der Waals surface area contributed by atoms with Gasteiger partial charge in [0.1, 0.15) is 5.52 Å². The largest absolute Gasteiger partial charge is 0.391 e. The summed E-state index contributed by atoms with van der Waals surface area (Å²) in [5.41, 5.74) is 5.73. The Morgan fingerprint density at radius 2 is 1.86 bits per heavy atom. The van der Waals surface area contributed by atoms with Crippen molar-refractivity contribution in [3.63, 3.8) is 0 Å². The second-order valence-corrected chi connectivity index (χ2v) is 10.6. The van der Waals surface area contributed by atoms with Gasteiger partial charge in [0, 0.05) is 56.8 Å². The predicted octanol–water partition coefficient (Wildman–Crippen LogP) is 3.51. The highest BCUT2D eigenvalue weighted by Crippen LogP contribution is 2.29. The van der Waals surface area contributed by atoms with Gasteiger partial charge in [-0.25, -0.2) is 9.97 Å². The monoisotopic (exact) mass is 518 g/mol. The molecule has 1 fully saturated rings. The summed E-state index contributed by atoms with van der Waals surface area (Å²) in [4.78, 5) is 16.3. The average molecular weight is 519 g/mol. The summed E-state index contributed by atoms with van der Waals surface area (Å²) in [5.74, 6) is 1.49. The van der Waals surface area contributed by atoms with Gasteiger partial charge in [0.2, 0.25) is 0 Å². The number of aromatic amines is 1. The van der Waals surface area contributed by atoms with Crippen LogP contribution in [0.4, 0.5) is 5.82 Å². The van der Waals surface area contributed by atoms with E-state index in [4.69, 9.17) is 9.97 Å². The van der Waals surface area contributed by atoms with E-state index in [1.165, 1.54) is 11.8 Å². The summed E-state index contributed by atoms with van der Waals surface area (Å²) in [6, 6.07) is 14.3. The molecule has 1 saturated heterocycles. The van der Waals surface area contributed by atoms with Crippen molar-refractivity contribution in [2.75, 3.05) is 43.8 Å². The van der Waals surface area contributed by atoms with Gasteiger partial charge in [-0.1, -0.05) is 55.9 Å². The third kappa shape index (κ3) is 6.45. The highest BCUT2D eigenvalue weighted by atomic mass is 32.2. The number of aromatic nitrogens is 5. The Morgan fingerprint density at radius 3 is 2.59 bits per heavy atom. The number of pyridine rings is 1. The standard InChI is InChI=1S/C27H34N8OS/c1-18(2)23-24-25(34-33-23)26(30-15-19-6-8-20(9-7-19)22-5-3-4-10-29-22)32-27(31-24)37-17-21(36)16-35-13-11-28-12-14-35/h3-10,18,21,28,36H,11-17H2,1-2H3,(H,33,34)(H,30,31,32). The van der Waals surface area contributed by atoms with Crippen LogP contribution in [0.5, 0.6) is 0 Å². The molecule has 1 unspecified atom stereocenters. The van der Waals surface area contributed by atoms with Gasteiger partial charge in [-0.2, -0.15) is 5.10 Å². The van der Waals surface area contributed by atoms with Crippen molar-refractivity contribution in [3.05, 3.63) is 59.9 Å². The molecule has 194 valence electrons. The maximum Gasteiger partial charge on any atom is 0.190 e. The van der Waals surface area contributed by atoms with Crippen molar-refractivity contribution in [2.45, 2.75) is 37.6 Å². The van der Waals surface area contributed by atoms with E-state index in [0.29, 0.717) is 29.8 Å². The molecule has 0 amide bonds. The lowest BCUT2D eigenvalue weighted by atomic mass is 10.1. The number of piperazine rings is 1. The first-order valence-electron chi connectivity index (χ1n) is 12.8. The topological polar surface area (TPSA) is 115 Å². The molecule has 1 atom stereocenters. The summed E-state index contributed by atoms with van der Waals surface area (Å²) >= 11 is 1.49. The summed E-state index contributed by atoms with van der Waals surface area (Å²) < 4.78 is 0. The van der Waals surface area contributed by atoms with Crippen LogP contribution in [0.25, 0.3) is 22.3 Å². The lowest BCUT2D eigenvalue weighted by Gasteiger charge is -2.28. The molecule has 10 heteroatoms. The minimum atomic E-state index is -0.439. The molecule has 0 aliphatic carbocycles. The van der Waals surface area contributed by atoms with Crippen molar-refractivity contribution in [2.24, 2.45) is 0 Å². The first-order valence-corrected chi connectivity index (χ1v) is 13.8. The van der Waals surface area contributed by atoms with Gasteiger partial charge in [0.25, 0.3) is 0 Å². The number of aliphatic hydroxyl groups is 1. The van der Waals surface area contributed by atoms with E-state index in [-0.39, 0.29) is 5.92 Å². The number of thioether (sulfide) groups is 1. The number of hydrogen-bond donors (Lipinski definition) is 4. The SMILES string of the molecule is CC(C)c1[nH]nc2c(NCc3ccc(-c4ccccn4)cc3)nc(SCC(O)CN3CCNCC3)nc12. The molecule has 0 spiro atoms. The predicted molar refractivity (Wildman–Crippen MR) is 149 cm³/mol. The third-order valence-corrected chi connectivity index (χ3v) is 7.43. The Morgan fingerprint density at radius 1 is 1.05 bits per heavy atom. The summed E-state index contributed by atoms with van der Waals surface area (Å²) in [6.07, 6.45) is 1.37. The molecular weight excluding hydrogens is 484 g/mol. The number of aliphatic hydroxyl groups excluding tert-OH is 1. The van der Waals surface area contributed by atoms with Crippen LogP contribution in [0, 0.1) is 0 Å². The van der Waals surface area contributed by atoms with Gasteiger partial charge in [-0.15, -0.1) is 0 Å². The number of β-amino-alcohol motifs (C(OH)–C–C–N with tert-alkyl or cyclic N) is 1. The van der Waals surface area contributed by atoms with Crippen molar-refractivity contribution >= 4 is 28.6 Å². The molecule has 5 rings (SSSR count). The highest BCUT2D eigenvalue weighted by Gasteiger charge is 2.19. The molecule has 37 heavy (non-hydrogen) atoms. The number of benzene rings is 1. The van der Waals surface area contributed by atoms with Crippen LogP contribution in [0.15, 0.2) is 53.8 Å². The molecule has 0 bridgehead atoms. The maximum absolute atomic E-state index is 10.6. The minimum absolute atomic E-state index is 0.253. The zero-order chi connectivity index (χ0) is 25.6. The van der Waals surface area contributed by atoms with E-state index in [0.717, 1.165) is 59.7 Å². The van der Waals surface area contributed by atoms with Crippen LogP contribution in [0.1, 0.15) is 31.0 Å². The zero-order valence-corrected chi connectivity index (χ0v) is 22.1. The quantitative estimate of drug-likeness (QED) is 0.185. The van der Waals surface area contributed by atoms with Gasteiger partial charge >= 0.3 is 0 Å². The molecule has 4 heterocycles. The fourth-order valence-electron chi connectivity index (χ4n) is 4.42. The summed E-state index contributed by atoms with van der Waals surface area (Å²) in [7, 11) is 0. The van der Waals surface area contributed by atoms with Crippen LogP contribution in [-0.2, 0) is 6.54 Å². The van der Waals surface area contributed by atoms with E-state index in [2.05, 4.69) is 68.8 Å². The van der Waals surface area contributed by atoms with Crippen LogP contribution in [0.2, 0.25) is 0 Å². The second kappa shape index (κ2) is 12.0. The molecule has 0 saturated carbocycles. The van der Waals surface area contributed by atoms with Crippen LogP contribution < -0.4 is 10.6 Å². The Hall–Kier alpha value is -3.05. The zero-order valence-electron chi connectivity index (χ0n) is 21.3.